The van der Waals surface area contributed by atoms with Gasteiger partial charge in [-0.15, -0.1) is 0 Å². The van der Waals surface area contributed by atoms with E-state index in [9.17, 15) is 4.79 Å². The average molecular weight is 386 g/mol. The van der Waals surface area contributed by atoms with E-state index in [2.05, 4.69) is 36.5 Å². The zero-order chi connectivity index (χ0) is 21.0. The van der Waals surface area contributed by atoms with Gasteiger partial charge >= 0.3 is 0 Å². The Morgan fingerprint density at radius 3 is 2.48 bits per heavy atom. The molecular weight excluding hydrogens is 360 g/mol. The summed E-state index contributed by atoms with van der Waals surface area (Å²) in [5.41, 5.74) is 5.23. The average Bonchev–Trinajstić information content (AvgIpc) is 3.42. The quantitative estimate of drug-likeness (QED) is 0.506. The van der Waals surface area contributed by atoms with Crippen molar-refractivity contribution in [3.8, 4) is 0 Å². The number of amides is 1. The van der Waals surface area contributed by atoms with Gasteiger partial charge in [0.25, 0.3) is 5.91 Å². The Balaban J connectivity index is 1.81. The molecule has 0 N–H and O–H groups in total. The fraction of sp³-hybridized carbons (Fsp3) is 0.208. The van der Waals surface area contributed by atoms with Gasteiger partial charge in [-0.25, -0.2) is 0 Å². The van der Waals surface area contributed by atoms with E-state index in [4.69, 9.17) is 0 Å². The molecule has 2 heterocycles. The van der Waals surface area contributed by atoms with Crippen LogP contribution in [0, 0.1) is 0 Å². The molecule has 5 heteroatoms. The maximum atomic E-state index is 12.8. The predicted octanol–water partition coefficient (Wildman–Crippen LogP) is 4.83. The first-order valence-corrected chi connectivity index (χ1v) is 9.55. The molecule has 0 unspecified atom stereocenters. The maximum absolute atomic E-state index is 12.8. The monoisotopic (exact) mass is 386 g/mol. The van der Waals surface area contributed by atoms with Crippen LogP contribution in [-0.2, 0) is 7.05 Å². The maximum Gasteiger partial charge on any atom is 0.253 e. The van der Waals surface area contributed by atoms with Crippen molar-refractivity contribution in [1.29, 1.82) is 0 Å². The highest BCUT2D eigenvalue weighted by molar-refractivity contribution is 5.97. The molecule has 0 saturated carbocycles. The molecule has 2 aromatic rings. The lowest BCUT2D eigenvalue weighted by molar-refractivity contribution is 0.0793. The summed E-state index contributed by atoms with van der Waals surface area (Å²) in [5, 5.41) is 4.16. The zero-order valence-corrected chi connectivity index (χ0v) is 16.9. The van der Waals surface area contributed by atoms with E-state index in [0.29, 0.717) is 22.4 Å². The molecule has 5 nitrogen and oxygen atoms in total. The van der Waals surface area contributed by atoms with E-state index in [-0.39, 0.29) is 5.91 Å². The summed E-state index contributed by atoms with van der Waals surface area (Å²) in [6, 6.07) is 5.44. The number of rotatable bonds is 7. The summed E-state index contributed by atoms with van der Waals surface area (Å²) in [5.74, 6) is 0.0401. The van der Waals surface area contributed by atoms with Crippen LogP contribution in [0.2, 0.25) is 0 Å². The molecule has 29 heavy (non-hydrogen) atoms. The van der Waals surface area contributed by atoms with Crippen LogP contribution in [0.5, 0.6) is 0 Å². The summed E-state index contributed by atoms with van der Waals surface area (Å²) in [6.45, 7) is 17.6. The third kappa shape index (κ3) is 4.51. The van der Waals surface area contributed by atoms with Crippen molar-refractivity contribution in [3.05, 3.63) is 84.7 Å². The standard InChI is InChI=1S/C24H26N4O/c1-17(8-9-18(2)21-15-26-27(5)16-21)19(3)22-14-20(10-11-23(22)25-4)24(29)28-12-6-7-13-28/h8-11,14-16H,1-4,6-7,12-13H2,5H3/b9-8-. The fourth-order valence-electron chi connectivity index (χ4n) is 3.31. The molecule has 1 aromatic heterocycles. The Kier molecular flexibility index (Phi) is 6.07. The molecule has 0 atom stereocenters. The predicted molar refractivity (Wildman–Crippen MR) is 120 cm³/mol. The van der Waals surface area contributed by atoms with E-state index in [1.807, 2.05) is 42.4 Å². The van der Waals surface area contributed by atoms with Gasteiger partial charge in [-0.2, -0.15) is 5.10 Å². The first kappa shape index (κ1) is 20.3. The molecule has 1 aliphatic heterocycles. The van der Waals surface area contributed by atoms with Crippen molar-refractivity contribution >= 4 is 29.5 Å². The Morgan fingerprint density at radius 1 is 1.14 bits per heavy atom. The molecule has 0 aliphatic carbocycles. The van der Waals surface area contributed by atoms with E-state index in [1.165, 1.54) is 0 Å². The minimum absolute atomic E-state index is 0.0401. The number of aromatic nitrogens is 2. The minimum atomic E-state index is 0.0401. The van der Waals surface area contributed by atoms with Gasteiger partial charge in [-0.3, -0.25) is 14.5 Å². The van der Waals surface area contributed by atoms with Crippen LogP contribution < -0.4 is 0 Å². The van der Waals surface area contributed by atoms with E-state index >= 15 is 0 Å². The molecule has 1 aromatic carbocycles. The number of aliphatic imine (C=N–C) groups is 1. The van der Waals surface area contributed by atoms with Crippen molar-refractivity contribution in [3.63, 3.8) is 0 Å². The third-order valence-corrected chi connectivity index (χ3v) is 5.08. The Morgan fingerprint density at radius 2 is 1.86 bits per heavy atom. The molecule has 148 valence electrons. The highest BCUT2D eigenvalue weighted by Gasteiger charge is 2.20. The lowest BCUT2D eigenvalue weighted by atomic mass is 9.96. The zero-order valence-electron chi connectivity index (χ0n) is 16.9. The Hall–Kier alpha value is -3.47. The van der Waals surface area contributed by atoms with Crippen molar-refractivity contribution < 1.29 is 4.79 Å². The second-order valence-corrected chi connectivity index (χ2v) is 7.15. The van der Waals surface area contributed by atoms with Crippen LogP contribution in [0.4, 0.5) is 5.69 Å². The first-order valence-electron chi connectivity index (χ1n) is 9.55. The Bertz CT molecular complexity index is 1020. The highest BCUT2D eigenvalue weighted by atomic mass is 16.2. The van der Waals surface area contributed by atoms with Gasteiger partial charge in [0, 0.05) is 43.0 Å². The van der Waals surface area contributed by atoms with Gasteiger partial charge in [-0.05, 0) is 54.5 Å². The van der Waals surface area contributed by atoms with Gasteiger partial charge in [0.15, 0.2) is 0 Å². The lowest BCUT2D eigenvalue weighted by Gasteiger charge is -2.17. The molecule has 1 fully saturated rings. The second-order valence-electron chi connectivity index (χ2n) is 7.15. The van der Waals surface area contributed by atoms with Crippen LogP contribution in [0.25, 0.3) is 11.1 Å². The molecule has 1 amide bonds. The molecule has 0 spiro atoms. The summed E-state index contributed by atoms with van der Waals surface area (Å²) in [4.78, 5) is 18.7. The summed E-state index contributed by atoms with van der Waals surface area (Å²) in [7, 11) is 1.86. The van der Waals surface area contributed by atoms with Gasteiger partial charge in [0.2, 0.25) is 0 Å². The van der Waals surface area contributed by atoms with E-state index < -0.39 is 0 Å². The van der Waals surface area contributed by atoms with E-state index in [0.717, 1.165) is 42.6 Å². The number of carbonyl (C=O) groups is 1. The number of allylic oxidation sites excluding steroid dienone is 5. The van der Waals surface area contributed by atoms with Crippen LogP contribution in [0.1, 0.15) is 34.3 Å². The number of benzene rings is 1. The van der Waals surface area contributed by atoms with Gasteiger partial charge < -0.3 is 4.90 Å². The van der Waals surface area contributed by atoms with Gasteiger partial charge in [-0.1, -0.05) is 31.9 Å². The number of carbonyl (C=O) groups excluding carboxylic acids is 1. The Labute approximate surface area is 172 Å². The second kappa shape index (κ2) is 8.69. The molecule has 1 saturated heterocycles. The third-order valence-electron chi connectivity index (χ3n) is 5.08. The van der Waals surface area contributed by atoms with Crippen LogP contribution in [0.3, 0.4) is 0 Å². The molecule has 0 bridgehead atoms. The van der Waals surface area contributed by atoms with Crippen LogP contribution >= 0.6 is 0 Å². The van der Waals surface area contributed by atoms with Gasteiger partial charge in [0.1, 0.15) is 0 Å². The first-order chi connectivity index (χ1) is 13.9. The van der Waals surface area contributed by atoms with Crippen molar-refractivity contribution in [2.24, 2.45) is 12.0 Å². The number of nitrogens with zero attached hydrogens (tertiary/aromatic N) is 4. The minimum Gasteiger partial charge on any atom is -0.339 e. The molecular formula is C24H26N4O. The number of hydrogen-bond acceptors (Lipinski definition) is 3. The van der Waals surface area contributed by atoms with Gasteiger partial charge in [0.05, 0.1) is 11.9 Å². The summed E-state index contributed by atoms with van der Waals surface area (Å²) >= 11 is 0. The SMILES string of the molecule is C=Nc1ccc(C(=O)N2CCCC2)cc1C(=C)C(=C)/C=C\C(=C)c1cnn(C)c1. The molecule has 3 rings (SSSR count). The highest BCUT2D eigenvalue weighted by Crippen LogP contribution is 2.32. The smallest absolute Gasteiger partial charge is 0.253 e. The number of hydrogen-bond donors (Lipinski definition) is 0. The summed E-state index contributed by atoms with van der Waals surface area (Å²) < 4.78 is 1.73. The van der Waals surface area contributed by atoms with Crippen molar-refractivity contribution in [2.75, 3.05) is 13.1 Å². The van der Waals surface area contributed by atoms with Crippen molar-refractivity contribution in [1.82, 2.24) is 14.7 Å². The number of likely N-dealkylation sites (tertiary alicyclic amines) is 1. The fourth-order valence-corrected chi connectivity index (χ4v) is 3.31. The molecule has 0 radical (unpaired) electrons. The van der Waals surface area contributed by atoms with Crippen LogP contribution in [0.15, 0.2) is 73.0 Å². The largest absolute Gasteiger partial charge is 0.339 e. The molecule has 1 aliphatic rings. The van der Waals surface area contributed by atoms with Crippen LogP contribution in [-0.4, -0.2) is 40.4 Å². The van der Waals surface area contributed by atoms with Crippen molar-refractivity contribution in [2.45, 2.75) is 12.8 Å². The normalized spacial score (nSPS) is 13.6. The lowest BCUT2D eigenvalue weighted by Crippen LogP contribution is -2.27. The topological polar surface area (TPSA) is 50.5 Å². The number of aryl methyl sites for hydroxylation is 1. The summed E-state index contributed by atoms with van der Waals surface area (Å²) in [6.07, 6.45) is 9.51. The van der Waals surface area contributed by atoms with E-state index in [1.54, 1.807) is 16.9 Å².